The summed E-state index contributed by atoms with van der Waals surface area (Å²) >= 11 is 0. The fraction of sp³-hybridized carbons (Fsp3) is 0.0556. The van der Waals surface area contributed by atoms with Crippen molar-refractivity contribution in [3.05, 3.63) is 72.1 Å². The molecule has 0 N–H and O–H groups in total. The minimum absolute atomic E-state index is 0.338. The van der Waals surface area contributed by atoms with E-state index >= 15 is 0 Å². The smallest absolute Gasteiger partial charge is 0.170 e. The van der Waals surface area contributed by atoms with Gasteiger partial charge < -0.3 is 0 Å². The van der Waals surface area contributed by atoms with Gasteiger partial charge in [-0.15, -0.1) is 0 Å². The summed E-state index contributed by atoms with van der Waals surface area (Å²) in [6.07, 6.45) is 2.23. The number of carbonyl (C=O) groups excluding carboxylic acids is 1. The van der Waals surface area contributed by atoms with Crippen LogP contribution in [0.15, 0.2) is 60.8 Å². The van der Waals surface area contributed by atoms with E-state index in [0.29, 0.717) is 5.69 Å². The molecule has 1 heterocycles. The summed E-state index contributed by atoms with van der Waals surface area (Å²) in [6, 6.07) is 17.9. The van der Waals surface area contributed by atoms with E-state index in [1.807, 2.05) is 61.5 Å². The van der Waals surface area contributed by atoms with E-state index in [-0.39, 0.29) is 0 Å². The lowest BCUT2D eigenvalue weighted by atomic mass is 10.0. The Labute approximate surface area is 123 Å². The number of aldehydes is 1. The van der Waals surface area contributed by atoms with Crippen LogP contribution in [0.2, 0.25) is 0 Å². The van der Waals surface area contributed by atoms with Crippen LogP contribution in [0.1, 0.15) is 16.1 Å². The minimum Gasteiger partial charge on any atom is -0.296 e. The van der Waals surface area contributed by atoms with Gasteiger partial charge in [-0.2, -0.15) is 0 Å². The Morgan fingerprint density at radius 2 is 1.52 bits per heavy atom. The SMILES string of the molecule is Cc1ccc(-c2ncc(C=O)nc2-c2ccccc2)cc1. The molecule has 0 saturated carbocycles. The van der Waals surface area contributed by atoms with Crippen LogP contribution in [-0.4, -0.2) is 16.3 Å². The quantitative estimate of drug-likeness (QED) is 0.679. The fourth-order valence-corrected chi connectivity index (χ4v) is 2.18. The highest BCUT2D eigenvalue weighted by molar-refractivity contribution is 5.81. The van der Waals surface area contributed by atoms with Crippen LogP contribution >= 0.6 is 0 Å². The molecule has 0 aliphatic heterocycles. The van der Waals surface area contributed by atoms with Crippen LogP contribution < -0.4 is 0 Å². The maximum Gasteiger partial charge on any atom is 0.170 e. The Bertz CT molecular complexity index is 765. The predicted octanol–water partition coefficient (Wildman–Crippen LogP) is 3.93. The number of benzene rings is 2. The first kappa shape index (κ1) is 13.2. The van der Waals surface area contributed by atoms with Crippen molar-refractivity contribution >= 4 is 6.29 Å². The van der Waals surface area contributed by atoms with Crippen molar-refractivity contribution in [1.29, 1.82) is 0 Å². The molecule has 0 radical (unpaired) electrons. The highest BCUT2D eigenvalue weighted by Gasteiger charge is 2.11. The summed E-state index contributed by atoms with van der Waals surface area (Å²) in [5.74, 6) is 0. The molecule has 0 bridgehead atoms. The van der Waals surface area contributed by atoms with Crippen molar-refractivity contribution in [3.8, 4) is 22.5 Å². The van der Waals surface area contributed by atoms with Gasteiger partial charge in [-0.3, -0.25) is 9.78 Å². The summed E-state index contributed by atoms with van der Waals surface area (Å²) in [5, 5.41) is 0. The molecule has 0 spiro atoms. The van der Waals surface area contributed by atoms with Crippen molar-refractivity contribution in [3.63, 3.8) is 0 Å². The van der Waals surface area contributed by atoms with E-state index in [2.05, 4.69) is 9.97 Å². The van der Waals surface area contributed by atoms with Gasteiger partial charge in [0.15, 0.2) is 6.29 Å². The zero-order chi connectivity index (χ0) is 14.7. The lowest BCUT2D eigenvalue weighted by Gasteiger charge is -2.09. The number of hydrogen-bond acceptors (Lipinski definition) is 3. The molecule has 0 fully saturated rings. The molecule has 21 heavy (non-hydrogen) atoms. The number of rotatable bonds is 3. The first-order valence-corrected chi connectivity index (χ1v) is 6.72. The van der Waals surface area contributed by atoms with Gasteiger partial charge in [0.1, 0.15) is 5.69 Å². The molecular formula is C18H14N2O. The first-order valence-electron chi connectivity index (χ1n) is 6.72. The summed E-state index contributed by atoms with van der Waals surface area (Å²) in [6.45, 7) is 2.04. The Balaban J connectivity index is 2.20. The molecule has 3 aromatic rings. The van der Waals surface area contributed by atoms with Crippen LogP contribution in [0.3, 0.4) is 0 Å². The fourth-order valence-electron chi connectivity index (χ4n) is 2.18. The van der Waals surface area contributed by atoms with Gasteiger partial charge in [0.25, 0.3) is 0 Å². The van der Waals surface area contributed by atoms with Crippen molar-refractivity contribution in [2.75, 3.05) is 0 Å². The Hall–Kier alpha value is -2.81. The standard InChI is InChI=1S/C18H14N2O/c1-13-7-9-15(10-8-13)17-18(14-5-3-2-4-6-14)20-16(12-21)11-19-17/h2-12H,1H3. The highest BCUT2D eigenvalue weighted by atomic mass is 16.1. The zero-order valence-electron chi connectivity index (χ0n) is 11.7. The minimum atomic E-state index is 0.338. The van der Waals surface area contributed by atoms with E-state index in [1.165, 1.54) is 11.8 Å². The van der Waals surface area contributed by atoms with Crippen LogP contribution in [0.4, 0.5) is 0 Å². The first-order chi connectivity index (χ1) is 10.3. The average Bonchev–Trinajstić information content (AvgIpc) is 2.56. The molecule has 0 amide bonds. The molecule has 0 atom stereocenters. The Morgan fingerprint density at radius 3 is 2.19 bits per heavy atom. The third kappa shape index (κ3) is 2.72. The van der Waals surface area contributed by atoms with Crippen LogP contribution in [0, 0.1) is 6.92 Å². The molecule has 1 aromatic heterocycles. The summed E-state index contributed by atoms with van der Waals surface area (Å²) in [4.78, 5) is 19.8. The third-order valence-electron chi connectivity index (χ3n) is 3.28. The van der Waals surface area contributed by atoms with Gasteiger partial charge in [-0.1, -0.05) is 60.2 Å². The normalized spacial score (nSPS) is 10.3. The van der Waals surface area contributed by atoms with Gasteiger partial charge in [-0.25, -0.2) is 4.98 Å². The molecule has 2 aromatic carbocycles. The Morgan fingerprint density at radius 1 is 0.857 bits per heavy atom. The lowest BCUT2D eigenvalue weighted by molar-refractivity contribution is 0.111. The Kier molecular flexibility index (Phi) is 3.56. The largest absolute Gasteiger partial charge is 0.296 e. The molecule has 3 heteroatoms. The topological polar surface area (TPSA) is 42.9 Å². The second-order valence-electron chi connectivity index (χ2n) is 4.84. The molecule has 3 nitrogen and oxygen atoms in total. The maximum atomic E-state index is 11.0. The molecule has 0 aliphatic carbocycles. The van der Waals surface area contributed by atoms with Crippen LogP contribution in [0.25, 0.3) is 22.5 Å². The number of nitrogens with zero attached hydrogens (tertiary/aromatic N) is 2. The number of carbonyl (C=O) groups is 1. The molecular weight excluding hydrogens is 260 g/mol. The molecule has 0 unspecified atom stereocenters. The van der Waals surface area contributed by atoms with Gasteiger partial charge in [0.2, 0.25) is 0 Å². The van der Waals surface area contributed by atoms with Gasteiger partial charge in [-0.05, 0) is 6.92 Å². The van der Waals surface area contributed by atoms with E-state index in [0.717, 1.165) is 28.8 Å². The maximum absolute atomic E-state index is 11.0. The second-order valence-corrected chi connectivity index (χ2v) is 4.84. The van der Waals surface area contributed by atoms with Crippen molar-refractivity contribution < 1.29 is 4.79 Å². The van der Waals surface area contributed by atoms with Crippen molar-refractivity contribution in [1.82, 2.24) is 9.97 Å². The number of aryl methyl sites for hydroxylation is 1. The average molecular weight is 274 g/mol. The van der Waals surface area contributed by atoms with Crippen molar-refractivity contribution in [2.24, 2.45) is 0 Å². The van der Waals surface area contributed by atoms with Gasteiger partial charge in [0.05, 0.1) is 17.6 Å². The predicted molar refractivity (Wildman–Crippen MR) is 83.0 cm³/mol. The zero-order valence-corrected chi connectivity index (χ0v) is 11.7. The molecule has 3 rings (SSSR count). The van der Waals surface area contributed by atoms with Gasteiger partial charge >= 0.3 is 0 Å². The summed E-state index contributed by atoms with van der Waals surface area (Å²) in [7, 11) is 0. The molecule has 0 aliphatic rings. The van der Waals surface area contributed by atoms with E-state index < -0.39 is 0 Å². The molecule has 102 valence electrons. The summed E-state index contributed by atoms with van der Waals surface area (Å²) in [5.41, 5.74) is 4.98. The number of hydrogen-bond donors (Lipinski definition) is 0. The molecule has 0 saturated heterocycles. The van der Waals surface area contributed by atoms with E-state index in [1.54, 1.807) is 0 Å². The third-order valence-corrected chi connectivity index (χ3v) is 3.28. The van der Waals surface area contributed by atoms with Crippen molar-refractivity contribution in [2.45, 2.75) is 6.92 Å². The highest BCUT2D eigenvalue weighted by Crippen LogP contribution is 2.28. The van der Waals surface area contributed by atoms with Crippen LogP contribution in [0.5, 0.6) is 0 Å². The second kappa shape index (κ2) is 5.67. The van der Waals surface area contributed by atoms with E-state index in [4.69, 9.17) is 0 Å². The van der Waals surface area contributed by atoms with Gasteiger partial charge in [0, 0.05) is 11.1 Å². The van der Waals surface area contributed by atoms with E-state index in [9.17, 15) is 4.79 Å². The van der Waals surface area contributed by atoms with Crippen LogP contribution in [-0.2, 0) is 0 Å². The summed E-state index contributed by atoms with van der Waals surface area (Å²) < 4.78 is 0. The lowest BCUT2D eigenvalue weighted by Crippen LogP contribution is -1.97. The number of aromatic nitrogens is 2. The monoisotopic (exact) mass is 274 g/mol.